The topological polar surface area (TPSA) is 38.1 Å². The first-order chi connectivity index (χ1) is 5.99. The number of thioether (sulfide) groups is 1. The van der Waals surface area contributed by atoms with Crippen LogP contribution in [0.25, 0.3) is 0 Å². The molecule has 0 aliphatic carbocycles. The summed E-state index contributed by atoms with van der Waals surface area (Å²) in [5.41, 5.74) is 0. The Morgan fingerprint density at radius 2 is 2.23 bits per heavy atom. The number of imidazole rings is 1. The summed E-state index contributed by atoms with van der Waals surface area (Å²) in [6.07, 6.45) is 5.01. The molecule has 0 aliphatic rings. The third kappa shape index (κ3) is 2.06. The van der Waals surface area contributed by atoms with Crippen LogP contribution < -0.4 is 0 Å². The molecule has 0 aliphatic heterocycles. The normalized spacial score (nSPS) is 14.5. The first-order valence-corrected chi connectivity index (χ1v) is 5.42. The average Bonchev–Trinajstić information content (AvgIpc) is 2.50. The van der Waals surface area contributed by atoms with Crippen molar-refractivity contribution in [3.8, 4) is 0 Å². The van der Waals surface area contributed by atoms with Gasteiger partial charge >= 0.3 is 0 Å². The molecule has 1 N–H and O–H groups in total. The minimum Gasteiger partial charge on any atom is -0.384 e. The fourth-order valence-corrected chi connectivity index (χ4v) is 1.39. The molecule has 3 nitrogen and oxygen atoms in total. The lowest BCUT2D eigenvalue weighted by atomic mass is 10.1. The number of rotatable bonds is 3. The highest BCUT2D eigenvalue weighted by molar-refractivity contribution is 7.99. The van der Waals surface area contributed by atoms with Crippen LogP contribution in [-0.4, -0.2) is 25.7 Å². The van der Waals surface area contributed by atoms with Crippen LogP contribution in [0.15, 0.2) is 12.4 Å². The van der Waals surface area contributed by atoms with E-state index in [0.717, 1.165) is 5.82 Å². The van der Waals surface area contributed by atoms with Gasteiger partial charge in [0, 0.05) is 24.2 Å². The van der Waals surface area contributed by atoms with E-state index >= 15 is 0 Å². The molecule has 13 heavy (non-hydrogen) atoms. The van der Waals surface area contributed by atoms with Gasteiger partial charge in [-0.3, -0.25) is 0 Å². The summed E-state index contributed by atoms with van der Waals surface area (Å²) < 4.78 is 1.65. The summed E-state index contributed by atoms with van der Waals surface area (Å²) in [7, 11) is 1.89. The molecule has 1 aromatic rings. The molecule has 0 fully saturated rings. The van der Waals surface area contributed by atoms with Gasteiger partial charge in [-0.2, -0.15) is 11.8 Å². The van der Waals surface area contributed by atoms with Crippen LogP contribution >= 0.6 is 11.8 Å². The van der Waals surface area contributed by atoms with Crippen molar-refractivity contribution in [2.75, 3.05) is 6.26 Å². The SMILES string of the molecule is CSC(C)(C)C(O)c1nccn1C. The zero-order valence-corrected chi connectivity index (χ0v) is 9.30. The minimum absolute atomic E-state index is 0.195. The van der Waals surface area contributed by atoms with E-state index in [1.54, 1.807) is 18.0 Å². The molecule has 1 aromatic heterocycles. The van der Waals surface area contributed by atoms with Crippen LogP contribution in [0.4, 0.5) is 0 Å². The third-order valence-electron chi connectivity index (χ3n) is 2.29. The quantitative estimate of drug-likeness (QED) is 0.805. The van der Waals surface area contributed by atoms with Gasteiger partial charge < -0.3 is 9.67 Å². The molecule has 0 aromatic carbocycles. The molecule has 0 amide bonds. The van der Waals surface area contributed by atoms with E-state index in [2.05, 4.69) is 4.98 Å². The number of aliphatic hydroxyl groups excluding tert-OH is 1. The lowest BCUT2D eigenvalue weighted by Crippen LogP contribution is -2.27. The third-order valence-corrected chi connectivity index (χ3v) is 3.56. The lowest BCUT2D eigenvalue weighted by Gasteiger charge is -2.27. The molecule has 1 heterocycles. The van der Waals surface area contributed by atoms with Crippen LogP contribution in [0.1, 0.15) is 25.8 Å². The van der Waals surface area contributed by atoms with E-state index in [4.69, 9.17) is 0 Å². The van der Waals surface area contributed by atoms with Crippen molar-refractivity contribution in [2.45, 2.75) is 24.7 Å². The minimum atomic E-state index is -0.525. The van der Waals surface area contributed by atoms with Crippen molar-refractivity contribution in [1.29, 1.82) is 0 Å². The van der Waals surface area contributed by atoms with Gasteiger partial charge in [0.25, 0.3) is 0 Å². The molecule has 0 bridgehead atoms. The second-order valence-electron chi connectivity index (χ2n) is 3.61. The highest BCUT2D eigenvalue weighted by Gasteiger charge is 2.30. The van der Waals surface area contributed by atoms with Crippen molar-refractivity contribution in [3.05, 3.63) is 18.2 Å². The molecular weight excluding hydrogens is 184 g/mol. The standard InChI is InChI=1S/C9H16N2OS/c1-9(2,13-4)7(12)8-10-5-6-11(8)3/h5-7,12H,1-4H3. The maximum absolute atomic E-state index is 10.0. The summed E-state index contributed by atoms with van der Waals surface area (Å²) in [5, 5.41) is 10.0. The van der Waals surface area contributed by atoms with E-state index in [0.29, 0.717) is 0 Å². The highest BCUT2D eigenvalue weighted by atomic mass is 32.2. The Balaban J connectivity index is 2.91. The van der Waals surface area contributed by atoms with Crippen molar-refractivity contribution < 1.29 is 5.11 Å². The number of hydrogen-bond donors (Lipinski definition) is 1. The number of hydrogen-bond acceptors (Lipinski definition) is 3. The smallest absolute Gasteiger partial charge is 0.138 e. The van der Waals surface area contributed by atoms with E-state index < -0.39 is 6.10 Å². The van der Waals surface area contributed by atoms with Gasteiger partial charge in [0.05, 0.1) is 0 Å². The van der Waals surface area contributed by atoms with Crippen molar-refractivity contribution in [3.63, 3.8) is 0 Å². The summed E-state index contributed by atoms with van der Waals surface area (Å²) in [4.78, 5) is 4.13. The molecule has 74 valence electrons. The van der Waals surface area contributed by atoms with Gasteiger partial charge in [0.15, 0.2) is 0 Å². The zero-order chi connectivity index (χ0) is 10.1. The number of aryl methyl sites for hydroxylation is 1. The first-order valence-electron chi connectivity index (χ1n) is 4.19. The highest BCUT2D eigenvalue weighted by Crippen LogP contribution is 2.34. The Morgan fingerprint density at radius 1 is 1.62 bits per heavy atom. The molecule has 0 radical (unpaired) electrons. The Bertz CT molecular complexity index is 283. The molecular formula is C9H16N2OS. The van der Waals surface area contributed by atoms with Gasteiger partial charge in [-0.1, -0.05) is 0 Å². The molecule has 1 unspecified atom stereocenters. The molecule has 4 heteroatoms. The number of aromatic nitrogens is 2. The Morgan fingerprint density at radius 3 is 2.62 bits per heavy atom. The maximum atomic E-state index is 10.0. The largest absolute Gasteiger partial charge is 0.384 e. The first kappa shape index (κ1) is 10.6. The van der Waals surface area contributed by atoms with Crippen LogP contribution in [0, 0.1) is 0 Å². The van der Waals surface area contributed by atoms with E-state index in [9.17, 15) is 5.11 Å². The molecule has 0 saturated heterocycles. The van der Waals surface area contributed by atoms with Gasteiger partial charge in [0.2, 0.25) is 0 Å². The second kappa shape index (κ2) is 3.72. The Kier molecular flexibility index (Phi) is 3.03. The summed E-state index contributed by atoms with van der Waals surface area (Å²) in [6.45, 7) is 4.02. The van der Waals surface area contributed by atoms with Gasteiger partial charge in [-0.25, -0.2) is 4.98 Å². The Hall–Kier alpha value is -0.480. The van der Waals surface area contributed by atoms with Crippen molar-refractivity contribution in [2.24, 2.45) is 7.05 Å². The predicted molar refractivity (Wildman–Crippen MR) is 55.8 cm³/mol. The zero-order valence-electron chi connectivity index (χ0n) is 8.48. The van der Waals surface area contributed by atoms with Crippen molar-refractivity contribution in [1.82, 2.24) is 9.55 Å². The monoisotopic (exact) mass is 200 g/mol. The molecule has 1 atom stereocenters. The maximum Gasteiger partial charge on any atom is 0.138 e. The molecule has 0 saturated carbocycles. The van der Waals surface area contributed by atoms with E-state index in [1.165, 1.54) is 0 Å². The fraction of sp³-hybridized carbons (Fsp3) is 0.667. The predicted octanol–water partition coefficient (Wildman–Crippen LogP) is 1.60. The summed E-state index contributed by atoms with van der Waals surface area (Å²) in [5.74, 6) is 0.722. The van der Waals surface area contributed by atoms with Gasteiger partial charge in [0.1, 0.15) is 11.9 Å². The second-order valence-corrected chi connectivity index (χ2v) is 5.07. The lowest BCUT2D eigenvalue weighted by molar-refractivity contribution is 0.132. The van der Waals surface area contributed by atoms with Gasteiger partial charge in [-0.15, -0.1) is 0 Å². The number of aliphatic hydroxyl groups is 1. The van der Waals surface area contributed by atoms with Gasteiger partial charge in [-0.05, 0) is 20.1 Å². The van der Waals surface area contributed by atoms with Crippen LogP contribution in [0.5, 0.6) is 0 Å². The number of nitrogens with zero attached hydrogens (tertiary/aromatic N) is 2. The van der Waals surface area contributed by atoms with Crippen LogP contribution in [-0.2, 0) is 7.05 Å². The van der Waals surface area contributed by atoms with Crippen LogP contribution in [0.2, 0.25) is 0 Å². The van der Waals surface area contributed by atoms with Crippen LogP contribution in [0.3, 0.4) is 0 Å². The summed E-state index contributed by atoms with van der Waals surface area (Å²) >= 11 is 1.64. The van der Waals surface area contributed by atoms with E-state index in [1.807, 2.05) is 37.9 Å². The van der Waals surface area contributed by atoms with Crippen molar-refractivity contribution >= 4 is 11.8 Å². The fourth-order valence-electron chi connectivity index (χ4n) is 1.06. The molecule has 1 rings (SSSR count). The molecule has 0 spiro atoms. The average molecular weight is 200 g/mol. The Labute approximate surface area is 83.2 Å². The summed E-state index contributed by atoms with van der Waals surface area (Å²) in [6, 6.07) is 0. The van der Waals surface area contributed by atoms with E-state index in [-0.39, 0.29) is 4.75 Å².